The summed E-state index contributed by atoms with van der Waals surface area (Å²) in [6, 6.07) is 5.59. The van der Waals surface area contributed by atoms with E-state index in [0.29, 0.717) is 12.2 Å². The second-order valence-corrected chi connectivity index (χ2v) is 7.00. The van der Waals surface area contributed by atoms with Crippen molar-refractivity contribution >= 4 is 17.7 Å². The van der Waals surface area contributed by atoms with Crippen LogP contribution in [0.15, 0.2) is 52.1 Å². The monoisotopic (exact) mass is 382 g/mol. The van der Waals surface area contributed by atoms with Crippen molar-refractivity contribution in [2.75, 3.05) is 6.54 Å². The van der Waals surface area contributed by atoms with Gasteiger partial charge in [0.05, 0.1) is 24.1 Å². The average molecular weight is 382 g/mol. The molecule has 2 aromatic rings. The van der Waals surface area contributed by atoms with Crippen LogP contribution < -0.4 is 10.9 Å². The molecule has 2 aliphatic rings. The molecule has 2 N–H and O–H groups in total. The zero-order valence-corrected chi connectivity index (χ0v) is 15.5. The highest BCUT2D eigenvalue weighted by atomic mass is 16.5. The lowest BCUT2D eigenvalue weighted by atomic mass is 9.88. The van der Waals surface area contributed by atoms with Gasteiger partial charge < -0.3 is 24.1 Å². The van der Waals surface area contributed by atoms with Crippen molar-refractivity contribution in [1.82, 2.24) is 9.88 Å². The topological polar surface area (TPSA) is 93.7 Å². The third kappa shape index (κ3) is 3.41. The van der Waals surface area contributed by atoms with Crippen LogP contribution >= 0.6 is 0 Å². The molecule has 0 radical (unpaired) electrons. The Morgan fingerprint density at radius 2 is 2.14 bits per heavy atom. The van der Waals surface area contributed by atoms with Gasteiger partial charge in [-0.15, -0.1) is 0 Å². The summed E-state index contributed by atoms with van der Waals surface area (Å²) in [4.78, 5) is 24.4. The Labute approximate surface area is 161 Å². The highest BCUT2D eigenvalue weighted by Crippen LogP contribution is 2.44. The third-order valence-electron chi connectivity index (χ3n) is 5.10. The first kappa shape index (κ1) is 18.3. The van der Waals surface area contributed by atoms with Crippen LogP contribution in [0.3, 0.4) is 0 Å². The smallest absolute Gasteiger partial charge is 0.339 e. The van der Waals surface area contributed by atoms with Gasteiger partial charge in [0.2, 0.25) is 5.91 Å². The van der Waals surface area contributed by atoms with Crippen LogP contribution in [-0.2, 0) is 16.0 Å². The van der Waals surface area contributed by atoms with E-state index < -0.39 is 11.7 Å². The minimum Gasteiger partial charge on any atom is -0.490 e. The van der Waals surface area contributed by atoms with Crippen LogP contribution in [-0.4, -0.2) is 28.2 Å². The molecule has 28 heavy (non-hydrogen) atoms. The fraction of sp³-hybridized carbons (Fsp3) is 0.333. The van der Waals surface area contributed by atoms with E-state index in [1.807, 2.05) is 42.1 Å². The van der Waals surface area contributed by atoms with Gasteiger partial charge >= 0.3 is 5.63 Å². The van der Waals surface area contributed by atoms with Gasteiger partial charge in [-0.25, -0.2) is 4.79 Å². The molecule has 2 aromatic heterocycles. The molecule has 0 fully saturated rings. The van der Waals surface area contributed by atoms with E-state index in [2.05, 4.69) is 5.32 Å². The number of aromatic nitrogens is 1. The van der Waals surface area contributed by atoms with E-state index in [4.69, 9.17) is 9.15 Å². The first-order valence-electron chi connectivity index (χ1n) is 9.35. The molecule has 1 aliphatic carbocycles. The van der Waals surface area contributed by atoms with Crippen LogP contribution in [0.25, 0.3) is 11.8 Å². The number of hydrogen-bond acceptors (Lipinski definition) is 5. The van der Waals surface area contributed by atoms with Crippen molar-refractivity contribution in [2.45, 2.75) is 32.0 Å². The van der Waals surface area contributed by atoms with Crippen molar-refractivity contribution in [3.63, 3.8) is 0 Å². The summed E-state index contributed by atoms with van der Waals surface area (Å²) in [5.41, 5.74) is 1.48. The normalized spacial score (nSPS) is 20.7. The molecule has 0 spiro atoms. The molecule has 7 nitrogen and oxygen atoms in total. The van der Waals surface area contributed by atoms with Gasteiger partial charge in [-0.1, -0.05) is 13.0 Å². The molecule has 146 valence electrons. The maximum Gasteiger partial charge on any atom is 0.339 e. The molecule has 1 aliphatic heterocycles. The summed E-state index contributed by atoms with van der Waals surface area (Å²) in [5.74, 6) is 0.120. The third-order valence-corrected chi connectivity index (χ3v) is 5.10. The Morgan fingerprint density at radius 3 is 2.89 bits per heavy atom. The fourth-order valence-corrected chi connectivity index (χ4v) is 3.49. The summed E-state index contributed by atoms with van der Waals surface area (Å²) in [6.07, 6.45) is 8.91. The molecular formula is C21H22N2O5. The van der Waals surface area contributed by atoms with Gasteiger partial charge in [-0.3, -0.25) is 4.79 Å². The molecule has 3 unspecified atom stereocenters. The van der Waals surface area contributed by atoms with Crippen molar-refractivity contribution in [1.29, 1.82) is 0 Å². The Bertz CT molecular complexity index is 987. The average Bonchev–Trinajstić information content (AvgIpc) is 3.36. The predicted octanol–water partition coefficient (Wildman–Crippen LogP) is 2.08. The van der Waals surface area contributed by atoms with Crippen molar-refractivity contribution in [3.05, 3.63) is 70.2 Å². The number of aliphatic hydroxyl groups excluding tert-OH is 1. The molecule has 1 amide bonds. The maximum absolute atomic E-state index is 12.3. The Kier molecular flexibility index (Phi) is 4.92. The number of nitrogens with one attached hydrogen (secondary N) is 1. The Balaban J connectivity index is 1.55. The zero-order chi connectivity index (χ0) is 19.7. The van der Waals surface area contributed by atoms with Crippen molar-refractivity contribution < 1.29 is 19.1 Å². The van der Waals surface area contributed by atoms with E-state index in [1.54, 1.807) is 18.4 Å². The van der Waals surface area contributed by atoms with Gasteiger partial charge in [0.15, 0.2) is 0 Å². The number of aliphatic hydroxyl groups is 1. The van der Waals surface area contributed by atoms with E-state index in [-0.39, 0.29) is 36.5 Å². The molecule has 3 heterocycles. The van der Waals surface area contributed by atoms with Gasteiger partial charge in [-0.05, 0) is 30.7 Å². The number of hydrogen-bond donors (Lipinski definition) is 2. The second-order valence-electron chi connectivity index (χ2n) is 7.00. The predicted molar refractivity (Wildman–Crippen MR) is 103 cm³/mol. The standard InChI is InChI=1S/C21H22N2O5/c1-2-14(24)11-22-19(25)10-13-9-16-18(28-21(13)26)6-5-15-17(12-27-20(15)16)23-7-3-4-8-23/h3-9,12,14-15,20,24H,2,10-11H2,1H3,(H,22,25). The lowest BCUT2D eigenvalue weighted by Crippen LogP contribution is -2.33. The van der Waals surface area contributed by atoms with Gasteiger partial charge in [0.25, 0.3) is 0 Å². The summed E-state index contributed by atoms with van der Waals surface area (Å²) < 4.78 is 13.3. The number of carbonyl (C=O) groups is 1. The van der Waals surface area contributed by atoms with E-state index >= 15 is 0 Å². The molecule has 0 aromatic carbocycles. The lowest BCUT2D eigenvalue weighted by Gasteiger charge is -2.24. The molecular weight excluding hydrogens is 360 g/mol. The zero-order valence-electron chi connectivity index (χ0n) is 15.5. The minimum atomic E-state index is -0.597. The van der Waals surface area contributed by atoms with E-state index in [1.165, 1.54) is 0 Å². The lowest BCUT2D eigenvalue weighted by molar-refractivity contribution is -0.120. The Morgan fingerprint density at radius 1 is 1.36 bits per heavy atom. The van der Waals surface area contributed by atoms with Crippen LogP contribution in [0.1, 0.15) is 36.3 Å². The fourth-order valence-electron chi connectivity index (χ4n) is 3.49. The number of fused-ring (bicyclic) bond motifs is 3. The number of nitrogens with zero attached hydrogens (tertiary/aromatic N) is 1. The number of carbonyl (C=O) groups excluding carboxylic acids is 1. The molecule has 0 saturated heterocycles. The van der Waals surface area contributed by atoms with Crippen LogP contribution in [0.4, 0.5) is 0 Å². The summed E-state index contributed by atoms with van der Waals surface area (Å²) in [7, 11) is 0. The van der Waals surface area contributed by atoms with Crippen LogP contribution in [0.5, 0.6) is 0 Å². The maximum atomic E-state index is 12.3. The van der Waals surface area contributed by atoms with Crippen molar-refractivity contribution in [3.8, 4) is 0 Å². The molecule has 4 rings (SSSR count). The highest BCUT2D eigenvalue weighted by molar-refractivity contribution is 5.78. The van der Waals surface area contributed by atoms with Crippen LogP contribution in [0, 0.1) is 5.92 Å². The summed E-state index contributed by atoms with van der Waals surface area (Å²) in [5, 5.41) is 12.2. The van der Waals surface area contributed by atoms with Gasteiger partial charge in [0, 0.05) is 30.1 Å². The summed E-state index contributed by atoms with van der Waals surface area (Å²) in [6.45, 7) is 1.99. The molecule has 3 atom stereocenters. The Hall–Kier alpha value is -3.06. The van der Waals surface area contributed by atoms with Crippen LogP contribution in [0.2, 0.25) is 0 Å². The molecule has 0 bridgehead atoms. The highest BCUT2D eigenvalue weighted by Gasteiger charge is 2.37. The first-order chi connectivity index (χ1) is 13.6. The van der Waals surface area contributed by atoms with Crippen molar-refractivity contribution in [2.24, 2.45) is 5.92 Å². The quantitative estimate of drug-likeness (QED) is 0.798. The largest absolute Gasteiger partial charge is 0.490 e. The second kappa shape index (κ2) is 7.52. The summed E-state index contributed by atoms with van der Waals surface area (Å²) >= 11 is 0. The number of amides is 1. The SMILES string of the molecule is CCC(O)CNC(=O)Cc1cc2c(oc1=O)C=CC1C(n3cccc3)=COC21. The molecule has 0 saturated carbocycles. The number of rotatable bonds is 6. The minimum absolute atomic E-state index is 0.00557. The van der Waals surface area contributed by atoms with E-state index in [0.717, 1.165) is 11.3 Å². The first-order valence-corrected chi connectivity index (χ1v) is 9.35. The number of ether oxygens (including phenoxy) is 1. The van der Waals surface area contributed by atoms with Gasteiger partial charge in [-0.2, -0.15) is 0 Å². The van der Waals surface area contributed by atoms with Gasteiger partial charge in [0.1, 0.15) is 18.1 Å². The van der Waals surface area contributed by atoms with E-state index in [9.17, 15) is 14.7 Å². The molecule has 7 heteroatoms.